The van der Waals surface area contributed by atoms with Gasteiger partial charge in [-0.2, -0.15) is 10.2 Å². The molecule has 0 unspecified atom stereocenters. The molecule has 1 heterocycles. The normalized spacial score (nSPS) is 10.3. The van der Waals surface area contributed by atoms with E-state index in [1.807, 2.05) is 0 Å². The number of anilines is 3. The first-order valence-corrected chi connectivity index (χ1v) is 9.75. The Morgan fingerprint density at radius 2 is 1.83 bits per heavy atom. The Morgan fingerprint density at radius 3 is 2.40 bits per heavy atom. The number of carbonyl (C=O) groups is 1. The molecule has 1 amide bonds. The highest BCUT2D eigenvalue weighted by Gasteiger charge is 2.17. The van der Waals surface area contributed by atoms with Gasteiger partial charge in [-0.15, -0.1) is 0 Å². The van der Waals surface area contributed by atoms with Gasteiger partial charge in [-0.1, -0.05) is 29.3 Å². The highest BCUT2D eigenvalue weighted by molar-refractivity contribution is 6.36. The van der Waals surface area contributed by atoms with Crippen molar-refractivity contribution in [2.24, 2.45) is 0 Å². The largest absolute Gasteiger partial charge is 0.465 e. The molecule has 0 radical (unpaired) electrons. The second kappa shape index (κ2) is 9.44. The van der Waals surface area contributed by atoms with Crippen molar-refractivity contribution in [2.75, 3.05) is 16.8 Å². The van der Waals surface area contributed by atoms with Crippen LogP contribution in [0.3, 0.4) is 0 Å². The Hall–Kier alpha value is -3.34. The van der Waals surface area contributed by atoms with Gasteiger partial charge < -0.3 is 10.4 Å². The Kier molecular flexibility index (Phi) is 6.72. The van der Waals surface area contributed by atoms with Crippen LogP contribution >= 0.6 is 23.2 Å². The molecule has 3 rings (SSSR count). The van der Waals surface area contributed by atoms with E-state index in [0.29, 0.717) is 39.0 Å². The van der Waals surface area contributed by atoms with Gasteiger partial charge in [0.05, 0.1) is 17.3 Å². The van der Waals surface area contributed by atoms with E-state index >= 15 is 0 Å². The molecule has 30 heavy (non-hydrogen) atoms. The first-order chi connectivity index (χ1) is 14.4. The van der Waals surface area contributed by atoms with Gasteiger partial charge in [0.2, 0.25) is 5.95 Å². The van der Waals surface area contributed by atoms with Crippen molar-refractivity contribution < 1.29 is 9.90 Å². The van der Waals surface area contributed by atoms with E-state index in [1.165, 1.54) is 0 Å². The second-order valence-corrected chi connectivity index (χ2v) is 7.07. The minimum atomic E-state index is -1.12. The molecular weight excluding hydrogens is 425 g/mol. The lowest BCUT2D eigenvalue weighted by Gasteiger charge is -2.18. The van der Waals surface area contributed by atoms with Crippen molar-refractivity contribution in [2.45, 2.75) is 13.3 Å². The van der Waals surface area contributed by atoms with E-state index in [-0.39, 0.29) is 18.3 Å². The van der Waals surface area contributed by atoms with Crippen molar-refractivity contribution in [1.29, 1.82) is 5.26 Å². The number of benzene rings is 2. The number of carboxylic acid groups (broad SMARTS) is 1. The smallest absolute Gasteiger partial charge is 0.413 e. The van der Waals surface area contributed by atoms with Crippen LogP contribution in [0.25, 0.3) is 0 Å². The Balaban J connectivity index is 2.01. The summed E-state index contributed by atoms with van der Waals surface area (Å²) in [7, 11) is 0. The molecule has 2 N–H and O–H groups in total. The molecule has 0 aliphatic carbocycles. The molecule has 3 aromatic rings. The van der Waals surface area contributed by atoms with Gasteiger partial charge in [0.25, 0.3) is 0 Å². The van der Waals surface area contributed by atoms with Crippen LogP contribution in [0.2, 0.25) is 10.0 Å². The molecule has 0 bridgehead atoms. The molecule has 9 heteroatoms. The summed E-state index contributed by atoms with van der Waals surface area (Å²) < 4.78 is 0. The minimum absolute atomic E-state index is 0.217. The number of hydrogen-bond donors (Lipinski definition) is 2. The average molecular weight is 442 g/mol. The summed E-state index contributed by atoms with van der Waals surface area (Å²) in [6, 6.07) is 15.6. The molecule has 0 fully saturated rings. The predicted molar refractivity (Wildman–Crippen MR) is 117 cm³/mol. The van der Waals surface area contributed by atoms with Crippen LogP contribution in [0.1, 0.15) is 23.7 Å². The molecular formula is C21H17Cl2N5O2. The maximum absolute atomic E-state index is 11.6. The number of aromatic nitrogens is 2. The SMILES string of the molecule is CCN(C(=O)O)c1cc(Cc2c(Cl)cccc2Cl)nc(Nc2ccc(C#N)cc2)n1. The second-order valence-electron chi connectivity index (χ2n) is 6.26. The lowest BCUT2D eigenvalue weighted by atomic mass is 10.1. The van der Waals surface area contributed by atoms with Crippen LogP contribution < -0.4 is 10.2 Å². The molecule has 0 aliphatic rings. The highest BCUT2D eigenvalue weighted by atomic mass is 35.5. The van der Waals surface area contributed by atoms with Crippen LogP contribution in [0.5, 0.6) is 0 Å². The van der Waals surface area contributed by atoms with Gasteiger partial charge in [0.15, 0.2) is 0 Å². The van der Waals surface area contributed by atoms with E-state index in [1.54, 1.807) is 55.5 Å². The molecule has 2 aromatic carbocycles. The third-order valence-corrected chi connectivity index (χ3v) is 4.99. The summed E-state index contributed by atoms with van der Waals surface area (Å²) in [5, 5.41) is 22.5. The number of nitrogens with zero attached hydrogens (tertiary/aromatic N) is 4. The van der Waals surface area contributed by atoms with Crippen LogP contribution in [0.4, 0.5) is 22.2 Å². The number of amides is 1. The van der Waals surface area contributed by atoms with Crippen LogP contribution in [-0.2, 0) is 6.42 Å². The third kappa shape index (κ3) is 4.98. The zero-order valence-corrected chi connectivity index (χ0v) is 17.4. The van der Waals surface area contributed by atoms with E-state index < -0.39 is 6.09 Å². The molecule has 0 saturated heterocycles. The Morgan fingerprint density at radius 1 is 1.17 bits per heavy atom. The van der Waals surface area contributed by atoms with E-state index in [0.717, 1.165) is 4.90 Å². The monoisotopic (exact) mass is 441 g/mol. The number of rotatable bonds is 6. The fraction of sp³-hybridized carbons (Fsp3) is 0.143. The number of nitriles is 1. The lowest BCUT2D eigenvalue weighted by molar-refractivity contribution is 0.202. The molecule has 0 saturated carbocycles. The number of hydrogen-bond acceptors (Lipinski definition) is 5. The first-order valence-electron chi connectivity index (χ1n) is 8.99. The third-order valence-electron chi connectivity index (χ3n) is 4.28. The zero-order chi connectivity index (χ0) is 21.7. The van der Waals surface area contributed by atoms with E-state index in [2.05, 4.69) is 21.4 Å². The zero-order valence-electron chi connectivity index (χ0n) is 15.9. The van der Waals surface area contributed by atoms with Gasteiger partial charge in [-0.05, 0) is 48.9 Å². The van der Waals surface area contributed by atoms with Crippen molar-refractivity contribution >= 4 is 46.7 Å². The van der Waals surface area contributed by atoms with Gasteiger partial charge in [0, 0.05) is 34.8 Å². The van der Waals surface area contributed by atoms with Crippen molar-refractivity contribution in [3.05, 3.63) is 75.4 Å². The number of halogens is 2. The van der Waals surface area contributed by atoms with Gasteiger partial charge >= 0.3 is 6.09 Å². The molecule has 0 aliphatic heterocycles. The van der Waals surface area contributed by atoms with Gasteiger partial charge in [-0.25, -0.2) is 9.78 Å². The van der Waals surface area contributed by atoms with Crippen LogP contribution in [-0.4, -0.2) is 27.7 Å². The summed E-state index contributed by atoms with van der Waals surface area (Å²) in [5.41, 5.74) is 2.41. The lowest BCUT2D eigenvalue weighted by Crippen LogP contribution is -2.30. The summed E-state index contributed by atoms with van der Waals surface area (Å²) in [6.45, 7) is 1.93. The number of nitrogens with one attached hydrogen (secondary N) is 1. The quantitative estimate of drug-likeness (QED) is 0.523. The van der Waals surface area contributed by atoms with Crippen molar-refractivity contribution in [3.63, 3.8) is 0 Å². The predicted octanol–water partition coefficient (Wildman–Crippen LogP) is 5.49. The Bertz CT molecular complexity index is 1090. The molecule has 152 valence electrons. The van der Waals surface area contributed by atoms with Gasteiger partial charge in [-0.3, -0.25) is 4.90 Å². The van der Waals surface area contributed by atoms with E-state index in [9.17, 15) is 9.90 Å². The Labute approximate surface area is 183 Å². The van der Waals surface area contributed by atoms with Crippen LogP contribution in [0.15, 0.2) is 48.5 Å². The average Bonchev–Trinajstić information content (AvgIpc) is 2.71. The molecule has 0 atom stereocenters. The minimum Gasteiger partial charge on any atom is -0.465 e. The fourth-order valence-corrected chi connectivity index (χ4v) is 3.33. The standard InChI is InChI=1S/C21H17Cl2N5O2/c1-2-28(21(29)30)19-11-15(10-16-17(22)4-3-5-18(16)23)26-20(27-19)25-14-8-6-13(12-24)7-9-14/h3-9,11H,2,10H2,1H3,(H,29,30)(H,25,26,27). The topological polar surface area (TPSA) is 102 Å². The maximum Gasteiger partial charge on any atom is 0.413 e. The molecule has 7 nitrogen and oxygen atoms in total. The van der Waals surface area contributed by atoms with Crippen LogP contribution in [0, 0.1) is 11.3 Å². The van der Waals surface area contributed by atoms with Crippen molar-refractivity contribution in [3.8, 4) is 6.07 Å². The summed E-state index contributed by atoms with van der Waals surface area (Å²) in [5.74, 6) is 0.449. The summed E-state index contributed by atoms with van der Waals surface area (Å²) >= 11 is 12.6. The molecule has 1 aromatic heterocycles. The maximum atomic E-state index is 11.6. The van der Waals surface area contributed by atoms with Gasteiger partial charge in [0.1, 0.15) is 5.82 Å². The van der Waals surface area contributed by atoms with E-state index in [4.69, 9.17) is 28.5 Å². The summed E-state index contributed by atoms with van der Waals surface area (Å²) in [6.07, 6.45) is -0.824. The summed E-state index contributed by atoms with van der Waals surface area (Å²) in [4.78, 5) is 21.6. The fourth-order valence-electron chi connectivity index (χ4n) is 2.80. The molecule has 0 spiro atoms. The van der Waals surface area contributed by atoms with Crippen molar-refractivity contribution in [1.82, 2.24) is 9.97 Å². The first kappa shape index (κ1) is 21.4. The highest BCUT2D eigenvalue weighted by Crippen LogP contribution is 2.28.